The third-order valence-corrected chi connectivity index (χ3v) is 4.49. The third-order valence-electron chi connectivity index (χ3n) is 4.49. The van der Waals surface area contributed by atoms with E-state index < -0.39 is 0 Å². The molecule has 0 aromatic carbocycles. The van der Waals surface area contributed by atoms with Crippen LogP contribution in [0.1, 0.15) is 22.4 Å². The molecule has 5 nitrogen and oxygen atoms in total. The van der Waals surface area contributed by atoms with Gasteiger partial charge in [0.15, 0.2) is 0 Å². The lowest BCUT2D eigenvalue weighted by molar-refractivity contribution is 0.397. The van der Waals surface area contributed by atoms with E-state index in [2.05, 4.69) is 38.1 Å². The second-order valence-corrected chi connectivity index (χ2v) is 6.26. The predicted molar refractivity (Wildman–Crippen MR) is 101 cm³/mol. The van der Waals surface area contributed by atoms with Crippen molar-refractivity contribution in [2.24, 2.45) is 0 Å². The number of nitrogens with one attached hydrogen (secondary N) is 1. The average Bonchev–Trinajstić information content (AvgIpc) is 3.11. The molecule has 0 amide bonds. The van der Waals surface area contributed by atoms with Crippen LogP contribution in [0.5, 0.6) is 5.88 Å². The Bertz CT molecular complexity index is 991. The van der Waals surface area contributed by atoms with Crippen LogP contribution in [-0.4, -0.2) is 27.0 Å². The Hall–Kier alpha value is -3.21. The molecule has 4 rings (SSSR count). The number of fused-ring (bicyclic) bond motifs is 1. The number of methoxy groups -OCH3 is 1. The first-order chi connectivity index (χ1) is 12.8. The molecule has 0 unspecified atom stereocenters. The van der Waals surface area contributed by atoms with E-state index in [0.717, 1.165) is 30.6 Å². The largest absolute Gasteiger partial charge is 0.481 e. The van der Waals surface area contributed by atoms with Crippen molar-refractivity contribution in [1.29, 1.82) is 0 Å². The minimum Gasteiger partial charge on any atom is -0.481 e. The van der Waals surface area contributed by atoms with Gasteiger partial charge in [0.2, 0.25) is 5.88 Å². The van der Waals surface area contributed by atoms with E-state index in [9.17, 15) is 0 Å². The monoisotopic (exact) mass is 344 g/mol. The molecule has 0 aliphatic heterocycles. The first-order valence-corrected chi connectivity index (χ1v) is 8.65. The molecule has 5 heteroatoms. The fourth-order valence-electron chi connectivity index (χ4n) is 3.04. The summed E-state index contributed by atoms with van der Waals surface area (Å²) in [5.41, 5.74) is 5.64. The molecule has 4 aromatic heterocycles. The van der Waals surface area contributed by atoms with Crippen LogP contribution < -0.4 is 4.74 Å². The van der Waals surface area contributed by atoms with Gasteiger partial charge in [0, 0.05) is 48.4 Å². The number of hydrogen-bond acceptors (Lipinski definition) is 4. The van der Waals surface area contributed by atoms with Gasteiger partial charge in [-0.2, -0.15) is 0 Å². The minimum atomic E-state index is 0.642. The molecule has 0 aliphatic rings. The van der Waals surface area contributed by atoms with Gasteiger partial charge < -0.3 is 9.72 Å². The van der Waals surface area contributed by atoms with Gasteiger partial charge >= 0.3 is 0 Å². The summed E-state index contributed by atoms with van der Waals surface area (Å²) >= 11 is 0. The van der Waals surface area contributed by atoms with Gasteiger partial charge in [0.25, 0.3) is 0 Å². The van der Waals surface area contributed by atoms with E-state index in [-0.39, 0.29) is 0 Å². The quantitative estimate of drug-likeness (QED) is 0.579. The molecule has 26 heavy (non-hydrogen) atoms. The number of aromatic nitrogens is 4. The lowest BCUT2D eigenvalue weighted by atomic mass is 10.1. The van der Waals surface area contributed by atoms with Crippen molar-refractivity contribution < 1.29 is 4.74 Å². The zero-order valence-corrected chi connectivity index (χ0v) is 14.6. The number of hydrogen-bond donors (Lipinski definition) is 1. The molecule has 4 heterocycles. The molecule has 0 aliphatic carbocycles. The van der Waals surface area contributed by atoms with Gasteiger partial charge in [-0.1, -0.05) is 12.1 Å². The third kappa shape index (κ3) is 3.57. The number of nitrogens with zero attached hydrogens (tertiary/aromatic N) is 3. The van der Waals surface area contributed by atoms with Crippen LogP contribution in [0.15, 0.2) is 61.2 Å². The topological polar surface area (TPSA) is 63.7 Å². The van der Waals surface area contributed by atoms with Gasteiger partial charge in [0.1, 0.15) is 5.65 Å². The van der Waals surface area contributed by atoms with Crippen LogP contribution >= 0.6 is 0 Å². The summed E-state index contributed by atoms with van der Waals surface area (Å²) in [5, 5.41) is 1.17. The molecule has 0 saturated carbocycles. The van der Waals surface area contributed by atoms with Crippen LogP contribution in [0.3, 0.4) is 0 Å². The molecule has 4 aromatic rings. The number of pyridine rings is 3. The molecule has 0 bridgehead atoms. The number of ether oxygens (including phenoxy) is 1. The highest BCUT2D eigenvalue weighted by Gasteiger charge is 2.06. The standard InChI is InChI=1S/C21H20N4O/c1-26-20-9-6-15(12-24-20)4-7-18-8-5-16(13-23-18)11-17-14-25-21-19(17)3-2-10-22-21/h2-3,5-6,8-10,12-14H,4,7,11H2,1H3,(H,22,25). The normalized spacial score (nSPS) is 11.0. The summed E-state index contributed by atoms with van der Waals surface area (Å²) in [6.45, 7) is 0. The summed E-state index contributed by atoms with van der Waals surface area (Å²) in [5.74, 6) is 0.642. The predicted octanol–water partition coefficient (Wildman–Crippen LogP) is 3.74. The van der Waals surface area contributed by atoms with E-state index in [4.69, 9.17) is 4.74 Å². The summed E-state index contributed by atoms with van der Waals surface area (Å²) in [6, 6.07) is 12.3. The lowest BCUT2D eigenvalue weighted by Crippen LogP contribution is -1.97. The van der Waals surface area contributed by atoms with E-state index in [1.165, 1.54) is 22.1 Å². The molecule has 0 saturated heterocycles. The summed E-state index contributed by atoms with van der Waals surface area (Å²) in [7, 11) is 1.63. The van der Waals surface area contributed by atoms with E-state index in [0.29, 0.717) is 5.88 Å². The average molecular weight is 344 g/mol. The van der Waals surface area contributed by atoms with Crippen LogP contribution in [0.4, 0.5) is 0 Å². The highest BCUT2D eigenvalue weighted by atomic mass is 16.5. The summed E-state index contributed by atoms with van der Waals surface area (Å²) in [4.78, 5) is 16.4. The first kappa shape index (κ1) is 16.3. The molecular formula is C21H20N4O. The molecule has 0 atom stereocenters. The van der Waals surface area contributed by atoms with Gasteiger partial charge in [-0.15, -0.1) is 0 Å². The fourth-order valence-corrected chi connectivity index (χ4v) is 3.04. The molecule has 0 radical (unpaired) electrons. The Morgan fingerprint density at radius 3 is 2.58 bits per heavy atom. The Balaban J connectivity index is 1.40. The smallest absolute Gasteiger partial charge is 0.212 e. The maximum absolute atomic E-state index is 5.09. The van der Waals surface area contributed by atoms with Gasteiger partial charge in [-0.05, 0) is 47.7 Å². The molecule has 1 N–H and O–H groups in total. The van der Waals surface area contributed by atoms with Crippen LogP contribution in [0, 0.1) is 0 Å². The highest BCUT2D eigenvalue weighted by molar-refractivity contribution is 5.79. The van der Waals surface area contributed by atoms with Crippen LogP contribution in [0.2, 0.25) is 0 Å². The lowest BCUT2D eigenvalue weighted by Gasteiger charge is -2.05. The van der Waals surface area contributed by atoms with E-state index in [1.807, 2.05) is 36.8 Å². The fraction of sp³-hybridized carbons (Fsp3) is 0.190. The Labute approximate surface area is 152 Å². The number of rotatable bonds is 6. The maximum Gasteiger partial charge on any atom is 0.212 e. The van der Waals surface area contributed by atoms with Crippen molar-refractivity contribution in [3.8, 4) is 5.88 Å². The highest BCUT2D eigenvalue weighted by Crippen LogP contribution is 2.19. The van der Waals surface area contributed by atoms with Crippen molar-refractivity contribution in [3.05, 3.63) is 83.6 Å². The number of aryl methyl sites for hydroxylation is 2. The number of aromatic amines is 1. The summed E-state index contributed by atoms with van der Waals surface area (Å²) < 4.78 is 5.09. The summed E-state index contributed by atoms with van der Waals surface area (Å²) in [6.07, 6.45) is 10.3. The Kier molecular flexibility index (Phi) is 4.60. The molecule has 0 spiro atoms. The van der Waals surface area contributed by atoms with Crippen molar-refractivity contribution in [2.45, 2.75) is 19.3 Å². The van der Waals surface area contributed by atoms with Gasteiger partial charge in [-0.25, -0.2) is 9.97 Å². The van der Waals surface area contributed by atoms with Gasteiger partial charge in [-0.3, -0.25) is 4.98 Å². The second kappa shape index (κ2) is 7.35. The maximum atomic E-state index is 5.09. The second-order valence-electron chi connectivity index (χ2n) is 6.26. The minimum absolute atomic E-state index is 0.642. The zero-order chi connectivity index (χ0) is 17.8. The van der Waals surface area contributed by atoms with Crippen molar-refractivity contribution in [2.75, 3.05) is 7.11 Å². The zero-order valence-electron chi connectivity index (χ0n) is 14.6. The van der Waals surface area contributed by atoms with E-state index >= 15 is 0 Å². The molecule has 130 valence electrons. The Morgan fingerprint density at radius 1 is 0.923 bits per heavy atom. The van der Waals surface area contributed by atoms with Crippen LogP contribution in [0.25, 0.3) is 11.0 Å². The molecular weight excluding hydrogens is 324 g/mol. The van der Waals surface area contributed by atoms with Crippen LogP contribution in [-0.2, 0) is 19.3 Å². The Morgan fingerprint density at radius 2 is 1.81 bits per heavy atom. The number of H-pyrrole nitrogens is 1. The van der Waals surface area contributed by atoms with Crippen molar-refractivity contribution in [1.82, 2.24) is 19.9 Å². The van der Waals surface area contributed by atoms with Crippen molar-refractivity contribution >= 4 is 11.0 Å². The van der Waals surface area contributed by atoms with Crippen molar-refractivity contribution in [3.63, 3.8) is 0 Å². The molecule has 0 fully saturated rings. The van der Waals surface area contributed by atoms with Gasteiger partial charge in [0.05, 0.1) is 7.11 Å². The first-order valence-electron chi connectivity index (χ1n) is 8.65. The SMILES string of the molecule is COc1ccc(CCc2ccc(Cc3c[nH]c4ncccc34)cn2)cn1. The van der Waals surface area contributed by atoms with E-state index in [1.54, 1.807) is 13.3 Å².